The Morgan fingerprint density at radius 3 is 2.40 bits per heavy atom. The fourth-order valence-electron chi connectivity index (χ4n) is 1.57. The molecule has 15 heavy (non-hydrogen) atoms. The Hall–Kier alpha value is -1.35. The summed E-state index contributed by atoms with van der Waals surface area (Å²) in [5.41, 5.74) is 4.24. The largest absolute Gasteiger partial charge is 0.220 e. The predicted molar refractivity (Wildman–Crippen MR) is 60.4 cm³/mol. The van der Waals surface area contributed by atoms with Crippen LogP contribution in [0, 0.1) is 13.8 Å². The Labute approximate surface area is 93.7 Å². The number of nitrogens with zero attached hydrogens (tertiary/aromatic N) is 3. The molecule has 0 saturated carbocycles. The number of rotatable bonds is 2. The predicted octanol–water partition coefficient (Wildman–Crippen LogP) is 2.62. The molecule has 1 aromatic heterocycles. The molecule has 0 aliphatic carbocycles. The van der Waals surface area contributed by atoms with Crippen molar-refractivity contribution in [2.24, 2.45) is 0 Å². The number of alkyl halides is 1. The molecule has 0 radical (unpaired) electrons. The first-order valence-electron chi connectivity index (χ1n) is 4.75. The van der Waals surface area contributed by atoms with E-state index in [2.05, 4.69) is 42.4 Å². The van der Waals surface area contributed by atoms with Gasteiger partial charge in [-0.25, -0.2) is 4.68 Å². The van der Waals surface area contributed by atoms with Gasteiger partial charge < -0.3 is 0 Å². The summed E-state index contributed by atoms with van der Waals surface area (Å²) in [5.74, 6) is 0.394. The van der Waals surface area contributed by atoms with E-state index in [-0.39, 0.29) is 0 Å². The molecule has 1 heterocycles. The summed E-state index contributed by atoms with van der Waals surface area (Å²) >= 11 is 5.67. The summed E-state index contributed by atoms with van der Waals surface area (Å²) in [6.45, 7) is 4.13. The van der Waals surface area contributed by atoms with Crippen LogP contribution in [0.2, 0.25) is 0 Å². The Balaban J connectivity index is 2.44. The molecule has 0 aliphatic heterocycles. The first kappa shape index (κ1) is 10.2. The number of aromatic nitrogens is 3. The molecular weight excluding hydrogens is 210 g/mol. The first-order valence-corrected chi connectivity index (χ1v) is 5.28. The van der Waals surface area contributed by atoms with Crippen molar-refractivity contribution < 1.29 is 0 Å². The van der Waals surface area contributed by atoms with Crippen LogP contribution >= 0.6 is 11.6 Å². The molecule has 1 aromatic carbocycles. The molecule has 2 rings (SSSR count). The molecule has 0 bridgehead atoms. The van der Waals surface area contributed by atoms with Crippen molar-refractivity contribution in [2.45, 2.75) is 19.7 Å². The second-order valence-corrected chi connectivity index (χ2v) is 3.90. The standard InChI is InChI=1S/C11H12ClN3/c1-8-3-9(2)5-11(4-8)15-7-10(6-12)13-14-15/h3-5,7H,6H2,1-2H3. The molecule has 0 saturated heterocycles. The summed E-state index contributed by atoms with van der Waals surface area (Å²) < 4.78 is 1.75. The van der Waals surface area contributed by atoms with Crippen molar-refractivity contribution in [3.8, 4) is 5.69 Å². The molecule has 0 fully saturated rings. The molecule has 0 unspecified atom stereocenters. The quantitative estimate of drug-likeness (QED) is 0.730. The Morgan fingerprint density at radius 2 is 1.87 bits per heavy atom. The van der Waals surface area contributed by atoms with E-state index < -0.39 is 0 Å². The molecule has 78 valence electrons. The normalized spacial score (nSPS) is 10.6. The maximum absolute atomic E-state index is 5.67. The van der Waals surface area contributed by atoms with Crippen LogP contribution in [0.1, 0.15) is 16.8 Å². The number of aryl methyl sites for hydroxylation is 2. The lowest BCUT2D eigenvalue weighted by Gasteiger charge is -2.03. The number of benzene rings is 1. The van der Waals surface area contributed by atoms with Gasteiger partial charge in [-0.1, -0.05) is 11.3 Å². The molecule has 0 N–H and O–H groups in total. The van der Waals surface area contributed by atoms with Crippen molar-refractivity contribution in [2.75, 3.05) is 0 Å². The average Bonchev–Trinajstić information content (AvgIpc) is 2.64. The zero-order chi connectivity index (χ0) is 10.8. The Morgan fingerprint density at radius 1 is 1.20 bits per heavy atom. The minimum Gasteiger partial charge on any atom is -0.220 e. The van der Waals surface area contributed by atoms with Gasteiger partial charge in [0.25, 0.3) is 0 Å². The van der Waals surface area contributed by atoms with E-state index in [1.54, 1.807) is 4.68 Å². The lowest BCUT2D eigenvalue weighted by atomic mass is 10.1. The monoisotopic (exact) mass is 221 g/mol. The highest BCUT2D eigenvalue weighted by Crippen LogP contribution is 2.13. The van der Waals surface area contributed by atoms with E-state index in [0.717, 1.165) is 11.4 Å². The van der Waals surface area contributed by atoms with Crippen LogP contribution in [-0.2, 0) is 5.88 Å². The third kappa shape index (κ3) is 2.18. The summed E-state index contributed by atoms with van der Waals surface area (Å²) in [4.78, 5) is 0. The molecule has 0 amide bonds. The van der Waals surface area contributed by atoms with Crippen LogP contribution in [0.4, 0.5) is 0 Å². The van der Waals surface area contributed by atoms with Crippen LogP contribution in [0.15, 0.2) is 24.4 Å². The third-order valence-electron chi connectivity index (χ3n) is 2.15. The fraction of sp³-hybridized carbons (Fsp3) is 0.273. The lowest BCUT2D eigenvalue weighted by Crippen LogP contribution is -1.96. The van der Waals surface area contributed by atoms with Crippen LogP contribution in [0.25, 0.3) is 5.69 Å². The van der Waals surface area contributed by atoms with Gasteiger partial charge >= 0.3 is 0 Å². The molecule has 0 spiro atoms. The minimum absolute atomic E-state index is 0.394. The van der Waals surface area contributed by atoms with Gasteiger partial charge in [0.15, 0.2) is 0 Å². The van der Waals surface area contributed by atoms with Crippen molar-refractivity contribution in [3.63, 3.8) is 0 Å². The summed E-state index contributed by atoms with van der Waals surface area (Å²) in [6.07, 6.45) is 1.85. The summed E-state index contributed by atoms with van der Waals surface area (Å²) in [6, 6.07) is 6.27. The Kier molecular flexibility index (Phi) is 2.73. The minimum atomic E-state index is 0.394. The van der Waals surface area contributed by atoms with Crippen LogP contribution in [0.3, 0.4) is 0 Å². The van der Waals surface area contributed by atoms with E-state index in [9.17, 15) is 0 Å². The van der Waals surface area contributed by atoms with Gasteiger partial charge in [-0.15, -0.1) is 16.7 Å². The second-order valence-electron chi connectivity index (χ2n) is 3.63. The van der Waals surface area contributed by atoms with Crippen molar-refractivity contribution in [3.05, 3.63) is 41.2 Å². The summed E-state index contributed by atoms with van der Waals surface area (Å²) in [5, 5.41) is 7.97. The van der Waals surface area contributed by atoms with Crippen LogP contribution in [-0.4, -0.2) is 15.0 Å². The van der Waals surface area contributed by atoms with E-state index in [1.807, 2.05) is 6.20 Å². The molecular formula is C11H12ClN3. The van der Waals surface area contributed by atoms with Crippen LogP contribution < -0.4 is 0 Å². The van der Waals surface area contributed by atoms with Gasteiger partial charge in [-0.2, -0.15) is 0 Å². The van der Waals surface area contributed by atoms with Crippen molar-refractivity contribution >= 4 is 11.6 Å². The number of hydrogen-bond donors (Lipinski definition) is 0. The number of halogens is 1. The van der Waals surface area contributed by atoms with E-state index in [1.165, 1.54) is 11.1 Å². The average molecular weight is 222 g/mol. The highest BCUT2D eigenvalue weighted by atomic mass is 35.5. The zero-order valence-electron chi connectivity index (χ0n) is 8.74. The van der Waals surface area contributed by atoms with Gasteiger partial charge in [0.1, 0.15) is 0 Å². The molecule has 2 aromatic rings. The molecule has 0 aliphatic rings. The topological polar surface area (TPSA) is 30.7 Å². The maximum Gasteiger partial charge on any atom is 0.0979 e. The molecule has 0 atom stereocenters. The zero-order valence-corrected chi connectivity index (χ0v) is 9.49. The van der Waals surface area contributed by atoms with Gasteiger partial charge in [-0.3, -0.25) is 0 Å². The summed E-state index contributed by atoms with van der Waals surface area (Å²) in [7, 11) is 0. The van der Waals surface area contributed by atoms with Gasteiger partial charge in [0.05, 0.1) is 23.5 Å². The van der Waals surface area contributed by atoms with Crippen LogP contribution in [0.5, 0.6) is 0 Å². The fourth-order valence-corrected chi connectivity index (χ4v) is 1.69. The van der Waals surface area contributed by atoms with Crippen molar-refractivity contribution in [1.29, 1.82) is 0 Å². The SMILES string of the molecule is Cc1cc(C)cc(-n2cc(CCl)nn2)c1. The van der Waals surface area contributed by atoms with Gasteiger partial charge in [0.2, 0.25) is 0 Å². The van der Waals surface area contributed by atoms with Crippen molar-refractivity contribution in [1.82, 2.24) is 15.0 Å². The lowest BCUT2D eigenvalue weighted by molar-refractivity contribution is 0.799. The highest BCUT2D eigenvalue weighted by molar-refractivity contribution is 6.16. The molecule has 3 nitrogen and oxygen atoms in total. The van der Waals surface area contributed by atoms with E-state index in [4.69, 9.17) is 11.6 Å². The van der Waals surface area contributed by atoms with Gasteiger partial charge in [-0.05, 0) is 37.1 Å². The van der Waals surface area contributed by atoms with Gasteiger partial charge in [0, 0.05) is 0 Å². The maximum atomic E-state index is 5.67. The second kappa shape index (κ2) is 4.03. The Bertz CT molecular complexity index is 456. The smallest absolute Gasteiger partial charge is 0.0979 e. The van der Waals surface area contributed by atoms with E-state index in [0.29, 0.717) is 5.88 Å². The first-order chi connectivity index (χ1) is 7.19. The molecule has 4 heteroatoms. The third-order valence-corrected chi connectivity index (χ3v) is 2.42. The highest BCUT2D eigenvalue weighted by Gasteiger charge is 2.02. The number of hydrogen-bond acceptors (Lipinski definition) is 2. The van der Waals surface area contributed by atoms with E-state index >= 15 is 0 Å².